The second-order valence-corrected chi connectivity index (χ2v) is 8.40. The molecule has 6 nitrogen and oxygen atoms in total. The lowest BCUT2D eigenvalue weighted by Crippen LogP contribution is -2.29. The molecule has 0 spiro atoms. The maximum Gasteiger partial charge on any atom is 0.270 e. The molecule has 0 saturated heterocycles. The highest BCUT2D eigenvalue weighted by Gasteiger charge is 2.29. The van der Waals surface area contributed by atoms with Gasteiger partial charge in [-0.25, -0.2) is 9.20 Å². The number of aliphatic imine (C=N–C) groups is 1. The number of halogens is 1. The number of nitrogens with one attached hydrogen (secondary N) is 2. The van der Waals surface area contributed by atoms with Crippen LogP contribution in [-0.2, 0) is 15.8 Å². The lowest BCUT2D eigenvalue weighted by molar-refractivity contribution is -0.114. The average molecular weight is 449 g/mol. The van der Waals surface area contributed by atoms with E-state index in [-0.39, 0.29) is 11.6 Å². The Morgan fingerprint density at radius 2 is 1.93 bits per heavy atom. The van der Waals surface area contributed by atoms with E-state index in [1.54, 1.807) is 19.4 Å². The molecule has 3 rings (SSSR count). The molecule has 1 fully saturated rings. The predicted molar refractivity (Wildman–Crippen MR) is 115 cm³/mol. The van der Waals surface area contributed by atoms with Crippen LogP contribution in [0.1, 0.15) is 29.9 Å². The minimum Gasteiger partial charge on any atom is -0.398 e. The Morgan fingerprint density at radius 3 is 2.48 bits per heavy atom. The number of carbonyl (C=O) groups is 1. The van der Waals surface area contributed by atoms with Gasteiger partial charge in [-0.15, -0.1) is 0 Å². The van der Waals surface area contributed by atoms with Crippen molar-refractivity contribution >= 4 is 55.6 Å². The quantitative estimate of drug-likeness (QED) is 0.465. The van der Waals surface area contributed by atoms with Crippen molar-refractivity contribution in [1.82, 2.24) is 5.32 Å². The summed E-state index contributed by atoms with van der Waals surface area (Å²) >= 11 is 3.39. The number of likely N-dealkylation sites (N-methyl/N-ethyl adjacent to an activating group) is 1. The van der Waals surface area contributed by atoms with Crippen LogP contribution in [0.3, 0.4) is 0 Å². The number of amides is 1. The lowest BCUT2D eigenvalue weighted by atomic mass is 9.99. The Balaban J connectivity index is 2.11. The van der Waals surface area contributed by atoms with Crippen LogP contribution in [0.4, 0.5) is 17.1 Å². The Morgan fingerprint density at radius 1 is 1.26 bits per heavy atom. The molecule has 1 aliphatic carbocycles. The molecule has 0 aliphatic heterocycles. The van der Waals surface area contributed by atoms with Gasteiger partial charge < -0.3 is 15.8 Å². The fraction of sp³-hybridized carbons (Fsp3) is 0.263. The minimum absolute atomic E-state index is 0.253. The molecule has 1 unspecified atom stereocenters. The zero-order valence-electron chi connectivity index (χ0n) is 15.1. The molecule has 2 aromatic rings. The van der Waals surface area contributed by atoms with Crippen molar-refractivity contribution in [3.05, 3.63) is 52.0 Å². The highest BCUT2D eigenvalue weighted by molar-refractivity contribution is 9.10. The molecule has 27 heavy (non-hydrogen) atoms. The first kappa shape index (κ1) is 19.6. The molecule has 0 radical (unpaired) electrons. The van der Waals surface area contributed by atoms with E-state index in [1.807, 2.05) is 30.3 Å². The van der Waals surface area contributed by atoms with Crippen molar-refractivity contribution in [2.75, 3.05) is 23.8 Å². The summed E-state index contributed by atoms with van der Waals surface area (Å²) in [4.78, 5) is 17.1. The van der Waals surface area contributed by atoms with Crippen molar-refractivity contribution in [2.45, 2.75) is 18.8 Å². The van der Waals surface area contributed by atoms with E-state index in [2.05, 4.69) is 31.0 Å². The first-order chi connectivity index (χ1) is 12.9. The number of hydrogen-bond donors (Lipinski definition) is 3. The average Bonchev–Trinajstić information content (AvgIpc) is 3.46. The highest BCUT2D eigenvalue weighted by atomic mass is 79.9. The van der Waals surface area contributed by atoms with Crippen LogP contribution in [0.5, 0.6) is 0 Å². The molecular weight excluding hydrogens is 428 g/mol. The number of nitrogens with zero attached hydrogens (tertiary/aromatic N) is 1. The summed E-state index contributed by atoms with van der Waals surface area (Å²) in [5, 5.41) is 2.63. The number of hydrogen-bond acceptors (Lipinski definition) is 4. The topological polar surface area (TPSA) is 96.6 Å². The van der Waals surface area contributed by atoms with Crippen molar-refractivity contribution in [3.63, 3.8) is 0 Å². The molecule has 1 atom stereocenters. The van der Waals surface area contributed by atoms with Crippen LogP contribution < -0.4 is 15.8 Å². The monoisotopic (exact) mass is 448 g/mol. The highest BCUT2D eigenvalue weighted by Crippen LogP contribution is 2.45. The SMILES string of the molecule is CNC(=O)C(=Nc1ccc(Br)cc1)c1cc(C2CC2)c(NS(C)=O)cc1N. The number of carbonyl (C=O) groups excluding carboxylic acids is 1. The first-order valence-electron chi connectivity index (χ1n) is 8.49. The van der Waals surface area contributed by atoms with E-state index in [9.17, 15) is 9.00 Å². The summed E-state index contributed by atoms with van der Waals surface area (Å²) in [6.07, 6.45) is 3.70. The minimum atomic E-state index is -1.20. The predicted octanol–water partition coefficient (Wildman–Crippen LogP) is 3.48. The van der Waals surface area contributed by atoms with E-state index >= 15 is 0 Å². The van der Waals surface area contributed by atoms with Crippen molar-refractivity contribution < 1.29 is 9.00 Å². The molecule has 4 N–H and O–H groups in total. The van der Waals surface area contributed by atoms with E-state index < -0.39 is 11.0 Å². The van der Waals surface area contributed by atoms with Gasteiger partial charge in [-0.05, 0) is 60.7 Å². The summed E-state index contributed by atoms with van der Waals surface area (Å²) in [5.41, 5.74) is 9.91. The summed E-state index contributed by atoms with van der Waals surface area (Å²) in [6.45, 7) is 0. The number of nitrogens with two attached hydrogens (primary N) is 1. The standard InChI is InChI=1S/C19H21BrN4O2S/c1-22-19(25)18(23-13-7-5-12(20)6-8-13)15-9-14(11-3-4-11)17(10-16(15)21)24-27(2)26/h5-11,24H,3-4,21H2,1-2H3,(H,22,25). The maximum absolute atomic E-state index is 12.5. The van der Waals surface area contributed by atoms with Gasteiger partial charge in [-0.2, -0.15) is 0 Å². The van der Waals surface area contributed by atoms with Gasteiger partial charge in [0.1, 0.15) is 16.7 Å². The summed E-state index contributed by atoms with van der Waals surface area (Å²) < 4.78 is 15.5. The summed E-state index contributed by atoms with van der Waals surface area (Å²) in [5.74, 6) is 0.0696. The zero-order chi connectivity index (χ0) is 19.6. The molecule has 1 aliphatic rings. The van der Waals surface area contributed by atoms with Crippen LogP contribution in [0.2, 0.25) is 0 Å². The summed E-state index contributed by atoms with van der Waals surface area (Å²) in [7, 11) is 0.358. The molecule has 1 amide bonds. The van der Waals surface area contributed by atoms with E-state index in [4.69, 9.17) is 5.73 Å². The smallest absolute Gasteiger partial charge is 0.270 e. The lowest BCUT2D eigenvalue weighted by Gasteiger charge is -2.15. The molecule has 2 aromatic carbocycles. The van der Waals surface area contributed by atoms with Gasteiger partial charge in [0.15, 0.2) is 0 Å². The third kappa shape index (κ3) is 4.75. The van der Waals surface area contributed by atoms with E-state index in [1.165, 1.54) is 0 Å². The van der Waals surface area contributed by atoms with Crippen LogP contribution >= 0.6 is 15.9 Å². The van der Waals surface area contributed by atoms with Crippen molar-refractivity contribution in [3.8, 4) is 0 Å². The van der Waals surface area contributed by atoms with Crippen molar-refractivity contribution in [1.29, 1.82) is 0 Å². The van der Waals surface area contributed by atoms with Gasteiger partial charge in [0.05, 0.1) is 11.4 Å². The van der Waals surface area contributed by atoms with Crippen LogP contribution in [0, 0.1) is 0 Å². The van der Waals surface area contributed by atoms with Gasteiger partial charge in [0, 0.05) is 29.0 Å². The summed E-state index contributed by atoms with van der Waals surface area (Å²) in [6, 6.07) is 11.0. The fourth-order valence-electron chi connectivity index (χ4n) is 2.81. The van der Waals surface area contributed by atoms with E-state index in [0.717, 1.165) is 28.6 Å². The zero-order valence-corrected chi connectivity index (χ0v) is 17.5. The van der Waals surface area contributed by atoms with Gasteiger partial charge >= 0.3 is 0 Å². The number of nitrogen functional groups attached to an aromatic ring is 1. The molecule has 0 aromatic heterocycles. The molecule has 0 bridgehead atoms. The maximum atomic E-state index is 12.5. The number of benzene rings is 2. The second-order valence-electron chi connectivity index (χ2n) is 6.37. The van der Waals surface area contributed by atoms with E-state index in [0.29, 0.717) is 22.9 Å². The van der Waals surface area contributed by atoms with Crippen molar-refractivity contribution in [2.24, 2.45) is 4.99 Å². The fourth-order valence-corrected chi connectivity index (χ4v) is 3.56. The molecule has 1 saturated carbocycles. The Kier molecular flexibility index (Phi) is 5.96. The third-order valence-electron chi connectivity index (χ3n) is 4.26. The molecule has 0 heterocycles. The van der Waals surface area contributed by atoms with Crippen LogP contribution in [0.15, 0.2) is 45.9 Å². The first-order valence-corrected chi connectivity index (χ1v) is 10.8. The Bertz CT molecular complexity index is 924. The van der Waals surface area contributed by atoms with Gasteiger partial charge in [0.2, 0.25) is 0 Å². The molecule has 142 valence electrons. The van der Waals surface area contributed by atoms with Crippen LogP contribution in [0.25, 0.3) is 0 Å². The number of anilines is 2. The third-order valence-corrected chi connectivity index (χ3v) is 5.29. The Labute approximate surface area is 169 Å². The van der Waals surface area contributed by atoms with Gasteiger partial charge in [-0.1, -0.05) is 15.9 Å². The Hall–Kier alpha value is -2.19. The normalized spacial score (nSPS) is 15.3. The van der Waals surface area contributed by atoms with Gasteiger partial charge in [0.25, 0.3) is 5.91 Å². The molecular formula is C19H21BrN4O2S. The van der Waals surface area contributed by atoms with Crippen LogP contribution in [-0.4, -0.2) is 29.1 Å². The number of rotatable bonds is 6. The van der Waals surface area contributed by atoms with Gasteiger partial charge in [-0.3, -0.25) is 4.79 Å². The largest absolute Gasteiger partial charge is 0.398 e. The molecule has 8 heteroatoms. The second kappa shape index (κ2) is 8.22.